The van der Waals surface area contributed by atoms with Crippen LogP contribution in [0.2, 0.25) is 0 Å². The first-order valence-electron chi connectivity index (χ1n) is 7.84. The SMILES string of the molecule is O=C(NCCNC(=O)c1nc(Cn2cc(Br)cn2)no1)c1ccc(F)cc1. The van der Waals surface area contributed by atoms with Crippen LogP contribution in [0.5, 0.6) is 0 Å². The summed E-state index contributed by atoms with van der Waals surface area (Å²) in [6.45, 7) is 0.607. The second-order valence-electron chi connectivity index (χ2n) is 5.39. The highest BCUT2D eigenvalue weighted by atomic mass is 79.9. The van der Waals surface area contributed by atoms with Gasteiger partial charge in [-0.3, -0.25) is 14.3 Å². The topological polar surface area (TPSA) is 115 Å². The first-order valence-corrected chi connectivity index (χ1v) is 8.63. The van der Waals surface area contributed by atoms with Gasteiger partial charge in [-0.05, 0) is 40.2 Å². The summed E-state index contributed by atoms with van der Waals surface area (Å²) < 4.78 is 20.1. The lowest BCUT2D eigenvalue weighted by atomic mass is 10.2. The second-order valence-corrected chi connectivity index (χ2v) is 6.31. The molecule has 2 heterocycles. The molecule has 0 aliphatic heterocycles. The third-order valence-electron chi connectivity index (χ3n) is 3.37. The van der Waals surface area contributed by atoms with E-state index in [-0.39, 0.29) is 31.4 Å². The lowest BCUT2D eigenvalue weighted by Crippen LogP contribution is -2.34. The number of benzene rings is 1. The first-order chi connectivity index (χ1) is 13.0. The van der Waals surface area contributed by atoms with E-state index < -0.39 is 11.7 Å². The van der Waals surface area contributed by atoms with Gasteiger partial charge in [-0.25, -0.2) is 4.39 Å². The highest BCUT2D eigenvalue weighted by Crippen LogP contribution is 2.07. The van der Waals surface area contributed by atoms with E-state index in [1.165, 1.54) is 24.3 Å². The molecule has 3 aromatic rings. The molecule has 0 radical (unpaired) electrons. The quantitative estimate of drug-likeness (QED) is 0.540. The molecule has 140 valence electrons. The summed E-state index contributed by atoms with van der Waals surface area (Å²) in [6.07, 6.45) is 3.36. The number of carbonyl (C=O) groups excluding carboxylic acids is 2. The minimum Gasteiger partial charge on any atom is -0.350 e. The van der Waals surface area contributed by atoms with E-state index >= 15 is 0 Å². The van der Waals surface area contributed by atoms with Crippen molar-refractivity contribution in [2.45, 2.75) is 6.54 Å². The molecule has 0 bridgehead atoms. The molecule has 0 fully saturated rings. The fraction of sp³-hybridized carbons (Fsp3) is 0.188. The Hall–Kier alpha value is -3.08. The minimum absolute atomic E-state index is 0.162. The van der Waals surface area contributed by atoms with E-state index in [1.807, 2.05) is 0 Å². The van der Waals surface area contributed by atoms with E-state index in [1.54, 1.807) is 17.1 Å². The zero-order chi connectivity index (χ0) is 19.2. The van der Waals surface area contributed by atoms with Crippen LogP contribution in [0.15, 0.2) is 45.7 Å². The lowest BCUT2D eigenvalue weighted by Gasteiger charge is -2.05. The molecule has 0 unspecified atom stereocenters. The Labute approximate surface area is 161 Å². The Balaban J connectivity index is 1.43. The summed E-state index contributed by atoms with van der Waals surface area (Å²) in [5, 5.41) is 12.9. The summed E-state index contributed by atoms with van der Waals surface area (Å²) in [5.41, 5.74) is 0.328. The van der Waals surface area contributed by atoms with Crippen LogP contribution < -0.4 is 10.6 Å². The number of hydrogen-bond acceptors (Lipinski definition) is 6. The van der Waals surface area contributed by atoms with Crippen LogP contribution in [0.25, 0.3) is 0 Å². The van der Waals surface area contributed by atoms with Gasteiger partial charge < -0.3 is 15.2 Å². The minimum atomic E-state index is -0.550. The number of rotatable bonds is 7. The van der Waals surface area contributed by atoms with Crippen molar-refractivity contribution >= 4 is 27.7 Å². The maximum Gasteiger partial charge on any atom is 0.316 e. The van der Waals surface area contributed by atoms with Gasteiger partial charge in [0.25, 0.3) is 5.91 Å². The van der Waals surface area contributed by atoms with Crippen molar-refractivity contribution < 1.29 is 18.5 Å². The number of amides is 2. The number of nitrogens with one attached hydrogen (secondary N) is 2. The van der Waals surface area contributed by atoms with Gasteiger partial charge in [-0.1, -0.05) is 5.16 Å². The van der Waals surface area contributed by atoms with E-state index in [4.69, 9.17) is 4.52 Å². The highest BCUT2D eigenvalue weighted by molar-refractivity contribution is 9.10. The molecule has 0 aliphatic rings. The van der Waals surface area contributed by atoms with E-state index in [0.717, 1.165) is 4.47 Å². The molecule has 0 aliphatic carbocycles. The van der Waals surface area contributed by atoms with Crippen molar-refractivity contribution in [3.63, 3.8) is 0 Å². The Bertz CT molecular complexity index is 940. The van der Waals surface area contributed by atoms with E-state index in [2.05, 4.69) is 41.8 Å². The van der Waals surface area contributed by atoms with Crippen LogP contribution in [0.1, 0.15) is 26.9 Å². The van der Waals surface area contributed by atoms with Crippen molar-refractivity contribution in [1.29, 1.82) is 0 Å². The van der Waals surface area contributed by atoms with Crippen LogP contribution in [0.3, 0.4) is 0 Å². The van der Waals surface area contributed by atoms with Gasteiger partial charge in [0.15, 0.2) is 5.82 Å². The van der Waals surface area contributed by atoms with Crippen molar-refractivity contribution in [3.05, 3.63) is 64.2 Å². The largest absolute Gasteiger partial charge is 0.350 e. The van der Waals surface area contributed by atoms with Crippen molar-refractivity contribution in [2.75, 3.05) is 13.1 Å². The molecule has 2 amide bonds. The van der Waals surface area contributed by atoms with Crippen LogP contribution in [-0.4, -0.2) is 44.8 Å². The van der Waals surface area contributed by atoms with Crippen LogP contribution in [-0.2, 0) is 6.54 Å². The molecular formula is C16H14BrFN6O3. The Kier molecular flexibility index (Phi) is 5.91. The molecule has 1 aromatic carbocycles. The standard InChI is InChI=1S/C16H14BrFN6O3/c17-11-7-21-24(8-11)9-13-22-16(27-23-13)15(26)20-6-5-19-14(25)10-1-3-12(18)4-2-10/h1-4,7-8H,5-6,9H2,(H,19,25)(H,20,26). The zero-order valence-electron chi connectivity index (χ0n) is 13.9. The molecular weight excluding hydrogens is 423 g/mol. The normalized spacial score (nSPS) is 10.6. The molecule has 0 saturated carbocycles. The van der Waals surface area contributed by atoms with Crippen LogP contribution in [0, 0.1) is 5.82 Å². The van der Waals surface area contributed by atoms with Gasteiger partial charge in [-0.2, -0.15) is 10.1 Å². The Morgan fingerprint density at radius 2 is 1.85 bits per heavy atom. The van der Waals surface area contributed by atoms with Crippen LogP contribution in [0.4, 0.5) is 4.39 Å². The average Bonchev–Trinajstić information content (AvgIpc) is 3.28. The van der Waals surface area contributed by atoms with Gasteiger partial charge >= 0.3 is 11.8 Å². The molecule has 27 heavy (non-hydrogen) atoms. The summed E-state index contributed by atoms with van der Waals surface area (Å²) in [5.74, 6) is -1.21. The molecule has 2 aromatic heterocycles. The zero-order valence-corrected chi connectivity index (χ0v) is 15.4. The van der Waals surface area contributed by atoms with Crippen molar-refractivity contribution in [3.8, 4) is 0 Å². The number of aromatic nitrogens is 4. The third-order valence-corrected chi connectivity index (χ3v) is 3.78. The van der Waals surface area contributed by atoms with Crippen molar-refractivity contribution in [1.82, 2.24) is 30.6 Å². The maximum atomic E-state index is 12.8. The molecule has 3 rings (SSSR count). The average molecular weight is 437 g/mol. The summed E-state index contributed by atoms with van der Waals surface area (Å²) in [4.78, 5) is 27.8. The second kappa shape index (κ2) is 8.54. The van der Waals surface area contributed by atoms with Crippen molar-refractivity contribution in [2.24, 2.45) is 0 Å². The van der Waals surface area contributed by atoms with Gasteiger partial charge in [0.1, 0.15) is 12.4 Å². The lowest BCUT2D eigenvalue weighted by molar-refractivity contribution is 0.0898. The number of nitrogens with zero attached hydrogens (tertiary/aromatic N) is 4. The Morgan fingerprint density at radius 1 is 1.15 bits per heavy atom. The van der Waals surface area contributed by atoms with Crippen LogP contribution >= 0.6 is 15.9 Å². The predicted molar refractivity (Wildman–Crippen MR) is 94.4 cm³/mol. The number of carbonyl (C=O) groups is 2. The smallest absolute Gasteiger partial charge is 0.316 e. The van der Waals surface area contributed by atoms with Gasteiger partial charge in [0.05, 0.1) is 10.7 Å². The predicted octanol–water partition coefficient (Wildman–Crippen LogP) is 1.38. The molecule has 11 heteroatoms. The molecule has 0 spiro atoms. The first kappa shape index (κ1) is 18.7. The third kappa shape index (κ3) is 5.20. The molecule has 9 nitrogen and oxygen atoms in total. The fourth-order valence-electron chi connectivity index (χ4n) is 2.11. The van der Waals surface area contributed by atoms with E-state index in [9.17, 15) is 14.0 Å². The summed E-state index contributed by atoms with van der Waals surface area (Å²) >= 11 is 3.28. The van der Waals surface area contributed by atoms with Gasteiger partial charge in [-0.15, -0.1) is 0 Å². The maximum absolute atomic E-state index is 12.8. The number of hydrogen-bond donors (Lipinski definition) is 2. The Morgan fingerprint density at radius 3 is 2.52 bits per heavy atom. The number of halogens is 2. The monoisotopic (exact) mass is 436 g/mol. The molecule has 0 atom stereocenters. The summed E-state index contributed by atoms with van der Waals surface area (Å²) in [6, 6.07) is 5.15. The highest BCUT2D eigenvalue weighted by Gasteiger charge is 2.15. The van der Waals surface area contributed by atoms with E-state index in [0.29, 0.717) is 11.4 Å². The van der Waals surface area contributed by atoms with Gasteiger partial charge in [0, 0.05) is 24.8 Å². The summed E-state index contributed by atoms with van der Waals surface area (Å²) in [7, 11) is 0. The molecule has 0 saturated heterocycles. The molecule has 2 N–H and O–H groups in total. The van der Waals surface area contributed by atoms with Gasteiger partial charge in [0.2, 0.25) is 0 Å². The fourth-order valence-corrected chi connectivity index (χ4v) is 2.44.